The van der Waals surface area contributed by atoms with Gasteiger partial charge in [-0.1, -0.05) is 32.0 Å². The van der Waals surface area contributed by atoms with Crippen LogP contribution < -0.4 is 5.32 Å². The molecule has 0 aliphatic rings. The summed E-state index contributed by atoms with van der Waals surface area (Å²) >= 11 is 0. The van der Waals surface area contributed by atoms with Gasteiger partial charge in [0, 0.05) is 5.69 Å². The first kappa shape index (κ1) is 18.0. The molecule has 128 valence electrons. The van der Waals surface area contributed by atoms with Crippen molar-refractivity contribution in [2.24, 2.45) is 0 Å². The Morgan fingerprint density at radius 2 is 1.79 bits per heavy atom. The van der Waals surface area contributed by atoms with Crippen LogP contribution in [-0.2, 0) is 6.18 Å². The third-order valence-electron chi connectivity index (χ3n) is 3.79. The Bertz CT molecular complexity index is 767. The molecule has 0 fully saturated rings. The van der Waals surface area contributed by atoms with Crippen molar-refractivity contribution in [2.45, 2.75) is 39.8 Å². The fourth-order valence-electron chi connectivity index (χ4n) is 2.48. The normalized spacial score (nSPS) is 11.7. The van der Waals surface area contributed by atoms with Gasteiger partial charge >= 0.3 is 6.18 Å². The molecule has 3 nitrogen and oxygen atoms in total. The number of benzene rings is 1. The van der Waals surface area contributed by atoms with Crippen LogP contribution in [0, 0.1) is 13.8 Å². The zero-order chi connectivity index (χ0) is 18.1. The second-order valence-electron chi connectivity index (χ2n) is 5.98. The minimum absolute atomic E-state index is 0.0435. The molecule has 2 rings (SSSR count). The van der Waals surface area contributed by atoms with E-state index in [0.717, 1.165) is 23.3 Å². The Kier molecular flexibility index (Phi) is 4.96. The van der Waals surface area contributed by atoms with Crippen LogP contribution in [0.3, 0.4) is 0 Å². The highest BCUT2D eigenvalue weighted by atomic mass is 19.4. The van der Waals surface area contributed by atoms with Crippen molar-refractivity contribution in [1.29, 1.82) is 0 Å². The number of halogens is 3. The van der Waals surface area contributed by atoms with Gasteiger partial charge in [-0.05, 0) is 43.0 Å². The van der Waals surface area contributed by atoms with Gasteiger partial charge < -0.3 is 5.32 Å². The summed E-state index contributed by atoms with van der Waals surface area (Å²) in [6.07, 6.45) is -4.53. The molecule has 1 amide bonds. The van der Waals surface area contributed by atoms with Crippen LogP contribution in [0.5, 0.6) is 0 Å². The monoisotopic (exact) mass is 336 g/mol. The zero-order valence-electron chi connectivity index (χ0n) is 14.0. The van der Waals surface area contributed by atoms with Gasteiger partial charge in [0.15, 0.2) is 0 Å². The van der Waals surface area contributed by atoms with Crippen molar-refractivity contribution < 1.29 is 18.0 Å². The molecule has 6 heteroatoms. The van der Waals surface area contributed by atoms with Crippen molar-refractivity contribution >= 4 is 11.6 Å². The molecule has 1 aromatic carbocycles. The van der Waals surface area contributed by atoms with Crippen LogP contribution >= 0.6 is 0 Å². The molecule has 0 saturated heterocycles. The number of pyridine rings is 1. The second-order valence-corrected chi connectivity index (χ2v) is 5.98. The number of anilines is 1. The quantitative estimate of drug-likeness (QED) is 0.848. The van der Waals surface area contributed by atoms with Crippen LogP contribution in [0.15, 0.2) is 30.3 Å². The van der Waals surface area contributed by atoms with E-state index in [1.165, 1.54) is 6.92 Å². The van der Waals surface area contributed by atoms with Crippen LogP contribution in [0.25, 0.3) is 0 Å². The number of nitrogens with one attached hydrogen (secondary N) is 1. The third-order valence-corrected chi connectivity index (χ3v) is 3.79. The molecule has 0 aliphatic carbocycles. The second kappa shape index (κ2) is 6.63. The van der Waals surface area contributed by atoms with E-state index in [4.69, 9.17) is 0 Å². The molecule has 1 heterocycles. The van der Waals surface area contributed by atoms with Gasteiger partial charge in [-0.25, -0.2) is 4.98 Å². The minimum Gasteiger partial charge on any atom is -0.321 e. The number of aryl methyl sites for hydroxylation is 2. The fourth-order valence-corrected chi connectivity index (χ4v) is 2.48. The van der Waals surface area contributed by atoms with E-state index in [2.05, 4.69) is 10.3 Å². The van der Waals surface area contributed by atoms with E-state index < -0.39 is 17.8 Å². The average molecular weight is 336 g/mol. The molecule has 24 heavy (non-hydrogen) atoms. The first-order chi connectivity index (χ1) is 11.1. The van der Waals surface area contributed by atoms with E-state index in [0.29, 0.717) is 5.69 Å². The number of hydrogen-bond acceptors (Lipinski definition) is 2. The number of alkyl halides is 3. The van der Waals surface area contributed by atoms with E-state index in [1.807, 2.05) is 39.0 Å². The minimum atomic E-state index is -4.53. The topological polar surface area (TPSA) is 42.0 Å². The van der Waals surface area contributed by atoms with Gasteiger partial charge in [0.25, 0.3) is 5.91 Å². The number of nitrogens with zero attached hydrogens (tertiary/aromatic N) is 1. The summed E-state index contributed by atoms with van der Waals surface area (Å²) < 4.78 is 38.0. The van der Waals surface area contributed by atoms with E-state index >= 15 is 0 Å². The molecule has 0 bridgehead atoms. The first-order valence-electron chi connectivity index (χ1n) is 7.57. The standard InChI is InChI=1S/C18H19F3N2O/c1-10(2)13-7-5-6-11(3)16(13)23-17(24)14-8-9-15(18(19,20)21)22-12(14)4/h5-10H,1-4H3,(H,23,24). The van der Waals surface area contributed by atoms with Gasteiger partial charge in [0.1, 0.15) is 5.69 Å². The van der Waals surface area contributed by atoms with Gasteiger partial charge in [0.2, 0.25) is 0 Å². The highest BCUT2D eigenvalue weighted by Gasteiger charge is 2.33. The lowest BCUT2D eigenvalue weighted by Crippen LogP contribution is -2.18. The number of hydrogen-bond donors (Lipinski definition) is 1. The lowest BCUT2D eigenvalue weighted by Gasteiger charge is -2.17. The molecule has 0 aliphatic heterocycles. The number of carbonyl (C=O) groups excluding carboxylic acids is 1. The summed E-state index contributed by atoms with van der Waals surface area (Å²) in [7, 11) is 0. The van der Waals surface area contributed by atoms with Crippen molar-refractivity contribution in [3.63, 3.8) is 0 Å². The number of amides is 1. The number of carbonyl (C=O) groups is 1. The SMILES string of the molecule is Cc1cccc(C(C)C)c1NC(=O)c1ccc(C(F)(F)F)nc1C. The summed E-state index contributed by atoms with van der Waals surface area (Å²) in [6.45, 7) is 7.29. The predicted molar refractivity (Wildman–Crippen MR) is 87.2 cm³/mol. The highest BCUT2D eigenvalue weighted by molar-refractivity contribution is 6.05. The van der Waals surface area contributed by atoms with E-state index in [9.17, 15) is 18.0 Å². The predicted octanol–water partition coefficient (Wildman–Crippen LogP) is 5.09. The maximum Gasteiger partial charge on any atom is 0.433 e. The maximum absolute atomic E-state index is 12.7. The summed E-state index contributed by atoms with van der Waals surface area (Å²) in [5.41, 5.74) is 1.73. The Morgan fingerprint density at radius 3 is 2.33 bits per heavy atom. The molecule has 0 saturated carbocycles. The molecule has 0 spiro atoms. The zero-order valence-corrected chi connectivity index (χ0v) is 14.0. The lowest BCUT2D eigenvalue weighted by atomic mass is 9.98. The average Bonchev–Trinajstić information content (AvgIpc) is 2.47. The van der Waals surface area contributed by atoms with E-state index in [1.54, 1.807) is 0 Å². The maximum atomic E-state index is 12.7. The van der Waals surface area contributed by atoms with Crippen LogP contribution in [0.2, 0.25) is 0 Å². The summed E-state index contributed by atoms with van der Waals surface area (Å²) in [4.78, 5) is 16.0. The van der Waals surface area contributed by atoms with Crippen LogP contribution in [-0.4, -0.2) is 10.9 Å². The third kappa shape index (κ3) is 3.75. The lowest BCUT2D eigenvalue weighted by molar-refractivity contribution is -0.141. The number of para-hydroxylation sites is 1. The van der Waals surface area contributed by atoms with Crippen molar-refractivity contribution in [1.82, 2.24) is 4.98 Å². The summed E-state index contributed by atoms with van der Waals surface area (Å²) in [6, 6.07) is 7.69. The molecule has 0 radical (unpaired) electrons. The van der Waals surface area contributed by atoms with Crippen molar-refractivity contribution in [2.75, 3.05) is 5.32 Å². The molecular formula is C18H19F3N2O. The molecule has 1 N–H and O–H groups in total. The largest absolute Gasteiger partial charge is 0.433 e. The first-order valence-corrected chi connectivity index (χ1v) is 7.57. The molecule has 2 aromatic rings. The molecular weight excluding hydrogens is 317 g/mol. The number of aromatic nitrogens is 1. The Labute approximate surface area is 138 Å². The van der Waals surface area contributed by atoms with Crippen molar-refractivity contribution in [3.05, 3.63) is 58.4 Å². The Hall–Kier alpha value is -2.37. The van der Waals surface area contributed by atoms with Gasteiger partial charge in [-0.15, -0.1) is 0 Å². The Morgan fingerprint density at radius 1 is 1.12 bits per heavy atom. The highest BCUT2D eigenvalue weighted by Crippen LogP contribution is 2.30. The van der Waals surface area contributed by atoms with Gasteiger partial charge in [-0.3, -0.25) is 4.79 Å². The van der Waals surface area contributed by atoms with Crippen molar-refractivity contribution in [3.8, 4) is 0 Å². The summed E-state index contributed by atoms with van der Waals surface area (Å²) in [5, 5.41) is 2.82. The molecule has 1 aromatic heterocycles. The van der Waals surface area contributed by atoms with Crippen LogP contribution in [0.4, 0.5) is 18.9 Å². The molecule has 0 unspecified atom stereocenters. The fraction of sp³-hybridized carbons (Fsp3) is 0.333. The number of rotatable bonds is 3. The van der Waals surface area contributed by atoms with Crippen LogP contribution in [0.1, 0.15) is 52.6 Å². The summed E-state index contributed by atoms with van der Waals surface area (Å²) in [5.74, 6) is -0.267. The van der Waals surface area contributed by atoms with E-state index in [-0.39, 0.29) is 17.2 Å². The smallest absolute Gasteiger partial charge is 0.321 e. The van der Waals surface area contributed by atoms with Gasteiger partial charge in [-0.2, -0.15) is 13.2 Å². The van der Waals surface area contributed by atoms with Gasteiger partial charge in [0.05, 0.1) is 11.3 Å². The Balaban J connectivity index is 2.35. The molecule has 0 atom stereocenters.